The number of cyclic esters (lactones) is 1. The summed E-state index contributed by atoms with van der Waals surface area (Å²) in [4.78, 5) is 18.0. The van der Waals surface area contributed by atoms with E-state index in [9.17, 15) is 4.79 Å². The van der Waals surface area contributed by atoms with Crippen LogP contribution in [0.25, 0.3) is 0 Å². The molecule has 0 radical (unpaired) electrons. The van der Waals surface area contributed by atoms with E-state index in [-0.39, 0.29) is 0 Å². The number of carbonyl (C=O) groups is 1. The maximum absolute atomic E-state index is 11.2. The summed E-state index contributed by atoms with van der Waals surface area (Å²) in [5, 5.41) is 0. The summed E-state index contributed by atoms with van der Waals surface area (Å²) in [6.07, 6.45) is 0. The highest BCUT2D eigenvalue weighted by molar-refractivity contribution is 5.86. The zero-order chi connectivity index (χ0) is 11.2. The van der Waals surface area contributed by atoms with Crippen molar-refractivity contribution in [2.24, 2.45) is 32.9 Å². The van der Waals surface area contributed by atoms with Crippen LogP contribution in [-0.4, -0.2) is 36.6 Å². The van der Waals surface area contributed by atoms with Crippen LogP contribution in [0, 0.1) is 0 Å². The van der Waals surface area contributed by atoms with E-state index in [2.05, 4.69) is 28.2 Å². The second-order valence-electron chi connectivity index (χ2n) is 3.04. The van der Waals surface area contributed by atoms with Gasteiger partial charge >= 0.3 is 11.8 Å². The first-order valence-corrected chi connectivity index (χ1v) is 3.60. The zero-order valence-electron chi connectivity index (χ0n) is 7.43. The van der Waals surface area contributed by atoms with Crippen molar-refractivity contribution >= 4 is 19.4 Å². The first-order chi connectivity index (χ1) is 6.25. The predicted octanol–water partition coefficient (Wildman–Crippen LogP) is -3.17. The Hall–Kier alpha value is -1.35. The molecule has 0 unspecified atom stereocenters. The van der Waals surface area contributed by atoms with Gasteiger partial charge in [-0.15, -0.1) is 0 Å². The molecular weight excluding hydrogens is 188 g/mol. The molecular formula is C6H12N6O2. The zero-order valence-corrected chi connectivity index (χ0v) is 7.43. The molecule has 1 rings (SSSR count). The molecule has 1 fully saturated rings. The van der Waals surface area contributed by atoms with Crippen LogP contribution in [0.5, 0.6) is 0 Å². The Labute approximate surface area is 80.0 Å². The number of aliphatic imine (C=N–C) groups is 2. The van der Waals surface area contributed by atoms with Gasteiger partial charge in [0.2, 0.25) is 11.3 Å². The van der Waals surface area contributed by atoms with Gasteiger partial charge < -0.3 is 16.2 Å². The molecule has 1 saturated heterocycles. The second kappa shape index (κ2) is 2.58. The van der Waals surface area contributed by atoms with Crippen LogP contribution in [0.3, 0.4) is 0 Å². The molecule has 0 bridgehead atoms. The van der Waals surface area contributed by atoms with Gasteiger partial charge in [0.15, 0.2) is 0 Å². The summed E-state index contributed by atoms with van der Waals surface area (Å²) in [6, 6.07) is 0. The third-order valence-electron chi connectivity index (χ3n) is 2.25. The predicted molar refractivity (Wildman–Crippen MR) is 50.1 cm³/mol. The van der Waals surface area contributed by atoms with Gasteiger partial charge in [-0.1, -0.05) is 0 Å². The van der Waals surface area contributed by atoms with Gasteiger partial charge in [0.1, 0.15) is 0 Å². The second-order valence-corrected chi connectivity index (χ2v) is 3.04. The number of rotatable bonds is 2. The molecule has 78 valence electrons. The molecule has 0 aromatic carbocycles. The Kier molecular flexibility index (Phi) is 1.97. The molecule has 0 spiro atoms. The number of carbonyl (C=O) groups excluding carboxylic acids is 1. The van der Waals surface area contributed by atoms with Gasteiger partial charge in [0, 0.05) is 0 Å². The van der Waals surface area contributed by atoms with Crippen molar-refractivity contribution in [2.45, 2.75) is 17.2 Å². The van der Waals surface area contributed by atoms with E-state index < -0.39 is 23.1 Å². The van der Waals surface area contributed by atoms with E-state index in [4.69, 9.17) is 22.9 Å². The lowest BCUT2D eigenvalue weighted by Crippen LogP contribution is -2.77. The average molecular weight is 200 g/mol. The van der Waals surface area contributed by atoms with E-state index in [0.717, 1.165) is 0 Å². The number of hydrogen-bond acceptors (Lipinski definition) is 8. The molecule has 14 heavy (non-hydrogen) atoms. The topological polar surface area (TPSA) is 155 Å². The maximum atomic E-state index is 11.2. The molecule has 1 heterocycles. The Morgan fingerprint density at radius 2 is 1.64 bits per heavy atom. The standard InChI is InChI=1S/C6H12N6O2/c1-11-5(9)4(7,8)3(13)14-6(5,10)12-2/h1-2,7-10H2/t5-,6-/m0/s1. The highest BCUT2D eigenvalue weighted by Gasteiger charge is 2.70. The Morgan fingerprint density at radius 3 is 1.93 bits per heavy atom. The van der Waals surface area contributed by atoms with Crippen molar-refractivity contribution in [3.8, 4) is 0 Å². The molecule has 8 N–H and O–H groups in total. The SMILES string of the molecule is C=N[C@@]1(N)C(N)(N)C(=O)O[C@@]1(N)N=C. The number of hydrogen-bond donors (Lipinski definition) is 4. The Balaban J connectivity index is 3.38. The Bertz CT molecular complexity index is 315. The Morgan fingerprint density at radius 1 is 1.14 bits per heavy atom. The minimum atomic E-state index is -2.08. The molecule has 0 saturated carbocycles. The van der Waals surface area contributed by atoms with Crippen LogP contribution in [0.1, 0.15) is 0 Å². The van der Waals surface area contributed by atoms with Crippen molar-refractivity contribution in [1.82, 2.24) is 0 Å². The monoisotopic (exact) mass is 200 g/mol. The number of esters is 1. The van der Waals surface area contributed by atoms with Gasteiger partial charge in [-0.05, 0) is 13.4 Å². The fourth-order valence-corrected chi connectivity index (χ4v) is 1.15. The molecule has 1 aliphatic rings. The summed E-state index contributed by atoms with van der Waals surface area (Å²) in [6.45, 7) is 6.28. The smallest absolute Gasteiger partial charge is 0.348 e. The minimum absolute atomic E-state index is 1.01. The van der Waals surface area contributed by atoms with Crippen molar-refractivity contribution in [2.75, 3.05) is 0 Å². The van der Waals surface area contributed by atoms with Crippen molar-refractivity contribution in [3.63, 3.8) is 0 Å². The molecule has 0 aromatic heterocycles. The van der Waals surface area contributed by atoms with Crippen LogP contribution < -0.4 is 22.9 Å². The number of nitrogens with zero attached hydrogens (tertiary/aromatic N) is 2. The third kappa shape index (κ3) is 0.876. The average Bonchev–Trinajstić information content (AvgIpc) is 2.27. The quantitative estimate of drug-likeness (QED) is 0.209. The third-order valence-corrected chi connectivity index (χ3v) is 2.25. The van der Waals surface area contributed by atoms with E-state index in [1.54, 1.807) is 0 Å². The van der Waals surface area contributed by atoms with E-state index in [0.29, 0.717) is 0 Å². The first-order valence-electron chi connectivity index (χ1n) is 3.60. The van der Waals surface area contributed by atoms with Crippen LogP contribution in [0.15, 0.2) is 9.98 Å². The molecule has 2 atom stereocenters. The van der Waals surface area contributed by atoms with Gasteiger partial charge in [0.25, 0.3) is 0 Å². The summed E-state index contributed by atoms with van der Waals surface area (Å²) < 4.78 is 4.62. The fourth-order valence-electron chi connectivity index (χ4n) is 1.15. The molecule has 0 amide bonds. The van der Waals surface area contributed by atoms with Gasteiger partial charge in [-0.3, -0.25) is 16.5 Å². The van der Waals surface area contributed by atoms with Gasteiger partial charge in [0.05, 0.1) is 0 Å². The van der Waals surface area contributed by atoms with Crippen LogP contribution >= 0.6 is 0 Å². The number of ether oxygens (including phenoxy) is 1. The fraction of sp³-hybridized carbons (Fsp3) is 0.500. The maximum Gasteiger partial charge on any atom is 0.348 e. The van der Waals surface area contributed by atoms with E-state index >= 15 is 0 Å². The van der Waals surface area contributed by atoms with Crippen LogP contribution in [-0.2, 0) is 9.53 Å². The first kappa shape index (κ1) is 10.7. The van der Waals surface area contributed by atoms with Crippen molar-refractivity contribution in [3.05, 3.63) is 0 Å². The lowest BCUT2D eigenvalue weighted by atomic mass is 9.94. The highest BCUT2D eigenvalue weighted by atomic mass is 16.6. The summed E-state index contributed by atoms with van der Waals surface area (Å²) >= 11 is 0. The molecule has 8 nitrogen and oxygen atoms in total. The van der Waals surface area contributed by atoms with Gasteiger partial charge in [-0.2, -0.15) is 0 Å². The van der Waals surface area contributed by atoms with Crippen molar-refractivity contribution in [1.29, 1.82) is 0 Å². The number of nitrogens with two attached hydrogens (primary N) is 4. The van der Waals surface area contributed by atoms with Crippen LogP contribution in [0.4, 0.5) is 0 Å². The van der Waals surface area contributed by atoms with E-state index in [1.165, 1.54) is 0 Å². The van der Waals surface area contributed by atoms with Crippen LogP contribution in [0.2, 0.25) is 0 Å². The van der Waals surface area contributed by atoms with E-state index in [1.807, 2.05) is 0 Å². The lowest BCUT2D eigenvalue weighted by Gasteiger charge is -2.35. The lowest BCUT2D eigenvalue weighted by molar-refractivity contribution is -0.150. The minimum Gasteiger partial charge on any atom is -0.417 e. The summed E-state index contributed by atoms with van der Waals surface area (Å²) in [5.41, 5.74) is 18.0. The molecule has 1 aliphatic heterocycles. The summed E-state index contributed by atoms with van der Waals surface area (Å²) in [7, 11) is 0. The molecule has 0 aliphatic carbocycles. The van der Waals surface area contributed by atoms with Gasteiger partial charge in [-0.25, -0.2) is 9.79 Å². The highest BCUT2D eigenvalue weighted by Crippen LogP contribution is 2.35. The molecule has 8 heteroatoms. The molecule has 0 aromatic rings. The largest absolute Gasteiger partial charge is 0.417 e. The van der Waals surface area contributed by atoms with Crippen molar-refractivity contribution < 1.29 is 9.53 Å². The summed E-state index contributed by atoms with van der Waals surface area (Å²) in [5.74, 6) is -3.00. The normalized spacial score (nSPS) is 40.4.